The van der Waals surface area contributed by atoms with Gasteiger partial charge in [-0.3, -0.25) is 19.3 Å². The summed E-state index contributed by atoms with van der Waals surface area (Å²) in [5, 5.41) is 2.95. The van der Waals surface area contributed by atoms with Crippen LogP contribution in [0, 0.1) is 5.41 Å². The number of rotatable bonds is 6. The topological polar surface area (TPSA) is 108 Å². The number of carbonyl (C=O) groups excluding carboxylic acids is 3. The molecule has 0 unspecified atom stereocenters. The number of nitrogens with zero attached hydrogens (tertiary/aromatic N) is 3. The first kappa shape index (κ1) is 38.2. The van der Waals surface area contributed by atoms with Gasteiger partial charge in [0, 0.05) is 50.0 Å². The maximum absolute atomic E-state index is 13.6. The molecule has 3 saturated heterocycles. The average Bonchev–Trinajstić information content (AvgIpc) is 3.37. The van der Waals surface area contributed by atoms with E-state index in [2.05, 4.69) is 29.0 Å². The highest BCUT2D eigenvalue weighted by Gasteiger charge is 2.52. The van der Waals surface area contributed by atoms with Crippen molar-refractivity contribution in [3.05, 3.63) is 29.8 Å². The number of fused-ring (bicyclic) bond motifs is 1. The highest BCUT2D eigenvalue weighted by molar-refractivity contribution is 7.59. The number of nitrogens with two attached hydrogens (primary N) is 1. The molecular weight excluding hydrogens is 546 g/mol. The summed E-state index contributed by atoms with van der Waals surface area (Å²) in [4.78, 5) is 45.5. The summed E-state index contributed by atoms with van der Waals surface area (Å²) in [5.41, 5.74) is 7.54. The SMILES string of the molecule is C.C.CC(C)N1CCN(c2ccc(C(=O)N[C@@H](CC(C)(C)C)C(=O)N3C[C@@H](N)[C@H]4OCC(=O)[C@H]43)cc2)CC1.S.S. The van der Waals surface area contributed by atoms with Gasteiger partial charge >= 0.3 is 0 Å². The van der Waals surface area contributed by atoms with Gasteiger partial charge in [-0.2, -0.15) is 27.0 Å². The minimum atomic E-state index is -0.763. The third-order valence-corrected chi connectivity index (χ3v) is 7.47. The zero-order valence-electron chi connectivity index (χ0n) is 23.2. The van der Waals surface area contributed by atoms with E-state index in [1.807, 2.05) is 45.0 Å². The smallest absolute Gasteiger partial charge is 0.251 e. The lowest BCUT2D eigenvalue weighted by Gasteiger charge is -2.38. The first-order valence-electron chi connectivity index (χ1n) is 13.0. The summed E-state index contributed by atoms with van der Waals surface area (Å²) in [7, 11) is 0. The predicted molar refractivity (Wildman–Crippen MR) is 173 cm³/mol. The third kappa shape index (κ3) is 8.61. The molecule has 0 spiro atoms. The Labute approximate surface area is 255 Å². The minimum Gasteiger partial charge on any atom is -0.369 e. The highest BCUT2D eigenvalue weighted by Crippen LogP contribution is 2.29. The van der Waals surface area contributed by atoms with E-state index < -0.39 is 24.2 Å². The van der Waals surface area contributed by atoms with Crippen molar-refractivity contribution in [2.45, 2.75) is 86.2 Å². The van der Waals surface area contributed by atoms with Crippen molar-refractivity contribution in [1.82, 2.24) is 15.1 Å². The number of likely N-dealkylation sites (tertiary alicyclic amines) is 1. The number of Topliss-reactive ketones (excluding diaryl/α,β-unsaturated/α-hetero) is 1. The summed E-state index contributed by atoms with van der Waals surface area (Å²) >= 11 is 0. The predicted octanol–water partition coefficient (Wildman–Crippen LogP) is 2.76. The van der Waals surface area contributed by atoms with Crippen LogP contribution < -0.4 is 16.0 Å². The number of hydrogen-bond acceptors (Lipinski definition) is 7. The maximum Gasteiger partial charge on any atom is 0.251 e. The molecule has 0 aliphatic carbocycles. The van der Waals surface area contributed by atoms with E-state index in [4.69, 9.17) is 10.5 Å². The van der Waals surface area contributed by atoms with Crippen LogP contribution in [0.4, 0.5) is 5.69 Å². The fourth-order valence-electron chi connectivity index (χ4n) is 5.49. The van der Waals surface area contributed by atoms with Crippen LogP contribution >= 0.6 is 27.0 Å². The van der Waals surface area contributed by atoms with E-state index in [1.165, 1.54) is 4.90 Å². The number of hydrogen-bond donors (Lipinski definition) is 2. The summed E-state index contributed by atoms with van der Waals surface area (Å²) in [6.45, 7) is 14.7. The Morgan fingerprint density at radius 3 is 2.15 bits per heavy atom. The number of nitrogens with one attached hydrogen (secondary N) is 1. The van der Waals surface area contributed by atoms with Crippen molar-refractivity contribution in [3.63, 3.8) is 0 Å². The van der Waals surface area contributed by atoms with Crippen molar-refractivity contribution in [2.75, 3.05) is 44.2 Å². The molecule has 3 N–H and O–H groups in total. The first-order valence-corrected chi connectivity index (χ1v) is 13.0. The van der Waals surface area contributed by atoms with Crippen LogP contribution in [0.5, 0.6) is 0 Å². The zero-order chi connectivity index (χ0) is 26.2. The van der Waals surface area contributed by atoms with Crippen LogP contribution in [0.15, 0.2) is 24.3 Å². The van der Waals surface area contributed by atoms with Gasteiger partial charge in [0.05, 0.1) is 6.04 Å². The standard InChI is InChI=1S/C27H41N5O4.2CH4.2H2S/c1-17(2)30-10-12-31(13-11-30)19-8-6-18(7-9-19)25(34)29-21(14-27(3,4)5)26(35)32-15-20(28)24-23(32)22(33)16-36-24;;;;/h6-9,17,20-21,23-24H,10-16,28H2,1-5H3,(H,29,34);2*1H4;2*1H2/t20-,21+,23-,24-;;;;/m1..../s1. The van der Waals surface area contributed by atoms with Crippen LogP contribution in [-0.2, 0) is 14.3 Å². The van der Waals surface area contributed by atoms with Gasteiger partial charge in [0.15, 0.2) is 5.78 Å². The summed E-state index contributed by atoms with van der Waals surface area (Å²) in [6, 6.07) is 6.28. The number of ketones is 1. The van der Waals surface area contributed by atoms with Gasteiger partial charge in [-0.15, -0.1) is 0 Å². The molecule has 0 saturated carbocycles. The Bertz CT molecular complexity index is 978. The number of piperazine rings is 1. The second-order valence-electron chi connectivity index (χ2n) is 11.8. The summed E-state index contributed by atoms with van der Waals surface area (Å²) in [5.74, 6) is -0.713. The van der Waals surface area contributed by atoms with E-state index in [-0.39, 0.29) is 78.0 Å². The average molecular weight is 600 g/mol. The lowest BCUT2D eigenvalue weighted by atomic mass is 9.87. The normalized spacial score (nSPS) is 23.3. The molecule has 0 aromatic heterocycles. The van der Waals surface area contributed by atoms with Gasteiger partial charge in [-0.05, 0) is 49.9 Å². The molecule has 4 atom stereocenters. The van der Waals surface area contributed by atoms with Crippen LogP contribution in [0.2, 0.25) is 0 Å². The van der Waals surface area contributed by atoms with Crippen molar-refractivity contribution < 1.29 is 19.1 Å². The van der Waals surface area contributed by atoms with Crippen LogP contribution in [0.3, 0.4) is 0 Å². The summed E-state index contributed by atoms with van der Waals surface area (Å²) in [6.07, 6.45) is -0.0316. The second-order valence-corrected chi connectivity index (χ2v) is 11.8. The molecule has 4 rings (SSSR count). The van der Waals surface area contributed by atoms with Crippen molar-refractivity contribution in [3.8, 4) is 0 Å². The van der Waals surface area contributed by atoms with Crippen LogP contribution in [-0.4, -0.2) is 97.0 Å². The molecule has 1 aromatic rings. The highest BCUT2D eigenvalue weighted by atomic mass is 32.1. The maximum atomic E-state index is 13.6. The van der Waals surface area contributed by atoms with Gasteiger partial charge < -0.3 is 25.6 Å². The molecule has 0 radical (unpaired) electrons. The molecule has 40 heavy (non-hydrogen) atoms. The lowest BCUT2D eigenvalue weighted by molar-refractivity contribution is -0.138. The van der Waals surface area contributed by atoms with Gasteiger partial charge in [0.1, 0.15) is 24.8 Å². The van der Waals surface area contributed by atoms with E-state index >= 15 is 0 Å². The Morgan fingerprint density at radius 1 is 1.05 bits per heavy atom. The molecule has 3 aliphatic rings. The molecule has 2 amide bonds. The largest absolute Gasteiger partial charge is 0.369 e. The Hall–Kier alpha value is -1.79. The monoisotopic (exact) mass is 599 g/mol. The number of anilines is 1. The fraction of sp³-hybridized carbons (Fsp3) is 0.690. The van der Waals surface area contributed by atoms with Crippen LogP contribution in [0.1, 0.15) is 66.3 Å². The van der Waals surface area contributed by atoms with Crippen molar-refractivity contribution >= 4 is 50.3 Å². The fourth-order valence-corrected chi connectivity index (χ4v) is 5.49. The van der Waals surface area contributed by atoms with E-state index in [0.29, 0.717) is 18.0 Å². The lowest BCUT2D eigenvalue weighted by Crippen LogP contribution is -2.53. The quantitative estimate of drug-likeness (QED) is 0.518. The zero-order valence-corrected chi connectivity index (χ0v) is 25.2. The molecular formula is C29H53N5O4S2. The number of carbonyl (C=O) groups is 3. The molecule has 9 nitrogen and oxygen atoms in total. The Balaban J connectivity index is 0.00000380. The van der Waals surface area contributed by atoms with Gasteiger partial charge in [0.25, 0.3) is 5.91 Å². The Kier molecular flexibility index (Phi) is 14.8. The van der Waals surface area contributed by atoms with E-state index in [9.17, 15) is 14.4 Å². The van der Waals surface area contributed by atoms with Crippen LogP contribution in [0.25, 0.3) is 0 Å². The number of ether oxygens (including phenoxy) is 1. The molecule has 3 fully saturated rings. The van der Waals surface area contributed by atoms with Crippen molar-refractivity contribution in [1.29, 1.82) is 0 Å². The molecule has 3 aliphatic heterocycles. The van der Waals surface area contributed by atoms with Gasteiger partial charge in [0.2, 0.25) is 5.91 Å². The molecule has 3 heterocycles. The molecule has 11 heteroatoms. The third-order valence-electron chi connectivity index (χ3n) is 7.47. The first-order chi connectivity index (χ1) is 16.9. The van der Waals surface area contributed by atoms with Gasteiger partial charge in [-0.25, -0.2) is 0 Å². The summed E-state index contributed by atoms with van der Waals surface area (Å²) < 4.78 is 5.53. The minimum absolute atomic E-state index is 0. The van der Waals surface area contributed by atoms with Crippen molar-refractivity contribution in [2.24, 2.45) is 11.1 Å². The van der Waals surface area contributed by atoms with E-state index in [0.717, 1.165) is 31.9 Å². The Morgan fingerprint density at radius 2 is 1.62 bits per heavy atom. The van der Waals surface area contributed by atoms with E-state index in [1.54, 1.807) is 0 Å². The molecule has 1 aromatic carbocycles. The second kappa shape index (κ2) is 15.4. The molecule has 0 bridgehead atoms. The molecule has 230 valence electrons. The number of amides is 2. The van der Waals surface area contributed by atoms with Gasteiger partial charge in [-0.1, -0.05) is 35.6 Å². The number of benzene rings is 1.